The Labute approximate surface area is 103 Å². The molecule has 0 radical (unpaired) electrons. The topological polar surface area (TPSA) is 51.6 Å². The average Bonchev–Trinajstić information content (AvgIpc) is 2.77. The summed E-state index contributed by atoms with van der Waals surface area (Å²) in [5, 5.41) is 0. The summed E-state index contributed by atoms with van der Waals surface area (Å²) in [7, 11) is 0. The van der Waals surface area contributed by atoms with E-state index in [-0.39, 0.29) is 6.04 Å². The first-order chi connectivity index (χ1) is 8.24. The molecule has 4 nitrogen and oxygen atoms in total. The van der Waals surface area contributed by atoms with E-state index < -0.39 is 0 Å². The Morgan fingerprint density at radius 2 is 2.35 bits per heavy atom. The van der Waals surface area contributed by atoms with Gasteiger partial charge in [0.15, 0.2) is 0 Å². The van der Waals surface area contributed by atoms with Crippen LogP contribution in [0.15, 0.2) is 16.5 Å². The number of hydrogen-bond acceptors (Lipinski definition) is 4. The third-order valence-corrected chi connectivity index (χ3v) is 3.38. The number of morpholine rings is 1. The largest absolute Gasteiger partial charge is 0.465 e. The number of rotatable bonds is 4. The monoisotopic (exact) mass is 238 g/mol. The number of aryl methyl sites for hydroxylation is 1. The Morgan fingerprint density at radius 1 is 1.53 bits per heavy atom. The van der Waals surface area contributed by atoms with Crippen LogP contribution in [0.2, 0.25) is 0 Å². The minimum atomic E-state index is 0.182. The van der Waals surface area contributed by atoms with Gasteiger partial charge in [0.2, 0.25) is 0 Å². The van der Waals surface area contributed by atoms with E-state index in [1.165, 1.54) is 0 Å². The van der Waals surface area contributed by atoms with Crippen LogP contribution < -0.4 is 5.73 Å². The van der Waals surface area contributed by atoms with Crippen LogP contribution in [-0.4, -0.2) is 37.2 Å². The Hall–Kier alpha value is -0.840. The van der Waals surface area contributed by atoms with Crippen LogP contribution in [0.4, 0.5) is 0 Å². The van der Waals surface area contributed by atoms with E-state index in [1.54, 1.807) is 0 Å². The first-order valence-electron chi connectivity index (χ1n) is 6.36. The number of furan rings is 1. The summed E-state index contributed by atoms with van der Waals surface area (Å²) >= 11 is 0. The summed E-state index contributed by atoms with van der Waals surface area (Å²) in [5.41, 5.74) is 5.89. The number of nitrogens with two attached hydrogens (primary N) is 1. The molecule has 1 aliphatic heterocycles. The lowest BCUT2D eigenvalue weighted by Gasteiger charge is -2.36. The predicted octanol–water partition coefficient (Wildman–Crippen LogP) is 1.70. The summed E-state index contributed by atoms with van der Waals surface area (Å²) in [6.07, 6.45) is 1.37. The highest BCUT2D eigenvalue weighted by Gasteiger charge is 2.27. The van der Waals surface area contributed by atoms with E-state index in [0.29, 0.717) is 12.6 Å². The Balaban J connectivity index is 2.07. The minimum Gasteiger partial charge on any atom is -0.465 e. The van der Waals surface area contributed by atoms with E-state index in [9.17, 15) is 0 Å². The zero-order chi connectivity index (χ0) is 12.3. The molecule has 0 aromatic carbocycles. The normalized spacial score (nSPS) is 23.8. The average molecular weight is 238 g/mol. The number of ether oxygens (including phenoxy) is 1. The first kappa shape index (κ1) is 12.6. The van der Waals surface area contributed by atoms with Crippen molar-refractivity contribution in [3.05, 3.63) is 23.7 Å². The second-order valence-electron chi connectivity index (χ2n) is 4.60. The minimum absolute atomic E-state index is 0.182. The molecule has 0 spiro atoms. The fourth-order valence-electron chi connectivity index (χ4n) is 2.35. The molecule has 2 unspecified atom stereocenters. The first-order valence-corrected chi connectivity index (χ1v) is 6.36. The molecule has 1 aromatic rings. The van der Waals surface area contributed by atoms with E-state index in [0.717, 1.165) is 37.6 Å². The molecule has 1 aromatic heterocycles. The van der Waals surface area contributed by atoms with E-state index >= 15 is 0 Å². The van der Waals surface area contributed by atoms with Crippen molar-refractivity contribution in [2.75, 3.05) is 26.2 Å². The molecule has 4 heteroatoms. The van der Waals surface area contributed by atoms with Crippen molar-refractivity contribution in [1.29, 1.82) is 0 Å². The van der Waals surface area contributed by atoms with Crippen molar-refractivity contribution < 1.29 is 9.15 Å². The maximum atomic E-state index is 5.89. The van der Waals surface area contributed by atoms with E-state index in [2.05, 4.69) is 11.8 Å². The maximum absolute atomic E-state index is 5.89. The molecule has 96 valence electrons. The van der Waals surface area contributed by atoms with Crippen molar-refractivity contribution in [3.63, 3.8) is 0 Å². The van der Waals surface area contributed by atoms with Gasteiger partial charge in [0.1, 0.15) is 11.5 Å². The van der Waals surface area contributed by atoms with Crippen molar-refractivity contribution in [2.24, 2.45) is 5.73 Å². The molecule has 1 fully saturated rings. The zero-order valence-electron chi connectivity index (χ0n) is 10.7. The molecule has 0 aliphatic carbocycles. The summed E-state index contributed by atoms with van der Waals surface area (Å²) in [5.74, 6) is 1.92. The second kappa shape index (κ2) is 5.67. The number of hydrogen-bond donors (Lipinski definition) is 1. The molecular formula is C13H22N2O2. The summed E-state index contributed by atoms with van der Waals surface area (Å²) < 4.78 is 11.4. The van der Waals surface area contributed by atoms with Gasteiger partial charge in [-0.3, -0.25) is 4.90 Å². The van der Waals surface area contributed by atoms with Crippen molar-refractivity contribution >= 4 is 0 Å². The van der Waals surface area contributed by atoms with Crippen LogP contribution >= 0.6 is 0 Å². The molecule has 2 N–H and O–H groups in total. The van der Waals surface area contributed by atoms with Crippen LogP contribution in [0.3, 0.4) is 0 Å². The Morgan fingerprint density at radius 3 is 2.94 bits per heavy atom. The van der Waals surface area contributed by atoms with Crippen LogP contribution in [0.25, 0.3) is 0 Å². The Bertz CT molecular complexity index is 351. The van der Waals surface area contributed by atoms with Gasteiger partial charge >= 0.3 is 0 Å². The van der Waals surface area contributed by atoms with Gasteiger partial charge < -0.3 is 14.9 Å². The van der Waals surface area contributed by atoms with E-state index in [4.69, 9.17) is 14.9 Å². The van der Waals surface area contributed by atoms with Crippen molar-refractivity contribution in [2.45, 2.75) is 32.4 Å². The van der Waals surface area contributed by atoms with Gasteiger partial charge in [0.05, 0.1) is 18.8 Å². The van der Waals surface area contributed by atoms with Gasteiger partial charge in [-0.25, -0.2) is 0 Å². The molecule has 2 heterocycles. The van der Waals surface area contributed by atoms with Gasteiger partial charge in [-0.05, 0) is 25.5 Å². The molecule has 0 amide bonds. The lowest BCUT2D eigenvalue weighted by Crippen LogP contribution is -2.45. The highest BCUT2D eigenvalue weighted by atomic mass is 16.5. The molecule has 1 aliphatic rings. The van der Waals surface area contributed by atoms with Gasteiger partial charge in [0, 0.05) is 19.6 Å². The zero-order valence-corrected chi connectivity index (χ0v) is 10.7. The highest BCUT2D eigenvalue weighted by molar-refractivity contribution is 5.10. The summed E-state index contributed by atoms with van der Waals surface area (Å²) in [6.45, 7) is 7.36. The molecule has 1 saturated heterocycles. The lowest BCUT2D eigenvalue weighted by molar-refractivity contribution is -0.0464. The fraction of sp³-hybridized carbons (Fsp3) is 0.692. The standard InChI is InChI=1S/C13H22N2O2/c1-3-11-9-15(6-7-16-11)12(8-14)13-5-4-10(2)17-13/h4-5,11-12H,3,6-9,14H2,1-2H3. The van der Waals surface area contributed by atoms with Crippen molar-refractivity contribution in [3.8, 4) is 0 Å². The van der Waals surface area contributed by atoms with Crippen LogP contribution in [0.1, 0.15) is 30.9 Å². The molecule has 0 bridgehead atoms. The van der Waals surface area contributed by atoms with Gasteiger partial charge in [-0.1, -0.05) is 6.92 Å². The SMILES string of the molecule is CCC1CN(C(CN)c2ccc(C)o2)CCO1. The summed E-state index contributed by atoms with van der Waals surface area (Å²) in [6, 6.07) is 4.21. The molecule has 2 atom stereocenters. The predicted molar refractivity (Wildman–Crippen MR) is 66.8 cm³/mol. The van der Waals surface area contributed by atoms with Gasteiger partial charge in [-0.2, -0.15) is 0 Å². The quantitative estimate of drug-likeness (QED) is 0.867. The second-order valence-corrected chi connectivity index (χ2v) is 4.60. The van der Waals surface area contributed by atoms with Crippen LogP contribution in [0, 0.1) is 6.92 Å². The number of nitrogens with zero attached hydrogens (tertiary/aromatic N) is 1. The smallest absolute Gasteiger partial charge is 0.122 e. The Kier molecular flexibility index (Phi) is 4.20. The van der Waals surface area contributed by atoms with Gasteiger partial charge in [-0.15, -0.1) is 0 Å². The molecular weight excluding hydrogens is 216 g/mol. The van der Waals surface area contributed by atoms with Gasteiger partial charge in [0.25, 0.3) is 0 Å². The lowest BCUT2D eigenvalue weighted by atomic mass is 10.1. The summed E-state index contributed by atoms with van der Waals surface area (Å²) in [4.78, 5) is 2.37. The molecule has 0 saturated carbocycles. The van der Waals surface area contributed by atoms with Crippen LogP contribution in [-0.2, 0) is 4.74 Å². The third kappa shape index (κ3) is 2.89. The molecule has 2 rings (SSSR count). The fourth-order valence-corrected chi connectivity index (χ4v) is 2.35. The highest BCUT2D eigenvalue weighted by Crippen LogP contribution is 2.24. The maximum Gasteiger partial charge on any atom is 0.122 e. The molecule has 17 heavy (non-hydrogen) atoms. The third-order valence-electron chi connectivity index (χ3n) is 3.38. The van der Waals surface area contributed by atoms with Crippen LogP contribution in [0.5, 0.6) is 0 Å². The van der Waals surface area contributed by atoms with Crippen molar-refractivity contribution in [1.82, 2.24) is 4.90 Å². The van der Waals surface area contributed by atoms with E-state index in [1.807, 2.05) is 19.1 Å².